The Morgan fingerprint density at radius 2 is 2.25 bits per heavy atom. The van der Waals surface area contributed by atoms with Crippen molar-refractivity contribution in [2.24, 2.45) is 5.92 Å². The van der Waals surface area contributed by atoms with Gasteiger partial charge in [0.05, 0.1) is 12.3 Å². The van der Waals surface area contributed by atoms with Crippen molar-refractivity contribution in [2.75, 3.05) is 0 Å². The zero-order chi connectivity index (χ0) is 12.2. The van der Waals surface area contributed by atoms with Crippen LogP contribution in [-0.4, -0.2) is 13.9 Å². The van der Waals surface area contributed by atoms with Crippen LogP contribution >= 0.6 is 0 Å². The Labute approximate surface area is 97.1 Å². The summed E-state index contributed by atoms with van der Waals surface area (Å²) in [6, 6.07) is 6.29. The number of hydrogen-bond acceptors (Lipinski definition) is 3. The van der Waals surface area contributed by atoms with Gasteiger partial charge in [-0.05, 0) is 18.2 Å². The summed E-state index contributed by atoms with van der Waals surface area (Å²) in [5, 5.41) is 8.76. The summed E-state index contributed by atoms with van der Waals surface area (Å²) in [6.07, 6.45) is 1.77. The van der Waals surface area contributed by atoms with Gasteiger partial charge in [0.25, 0.3) is 0 Å². The quantitative estimate of drug-likeness (QED) is 0.581. The molecule has 0 amide bonds. The van der Waals surface area contributed by atoms with E-state index in [9.17, 15) is 4.79 Å². The van der Waals surface area contributed by atoms with Gasteiger partial charge in [-0.25, -0.2) is 0 Å². The molecular formula is C12H17NO2Si. The van der Waals surface area contributed by atoms with E-state index in [1.54, 1.807) is 12.1 Å². The highest BCUT2D eigenvalue weighted by Gasteiger charge is 2.27. The third-order valence-electron chi connectivity index (χ3n) is 2.33. The van der Waals surface area contributed by atoms with Gasteiger partial charge in [0.2, 0.25) is 5.78 Å². The Bertz CT molecular complexity index is 384. The van der Waals surface area contributed by atoms with Crippen LogP contribution in [0.3, 0.4) is 0 Å². The number of carbonyl (C=O) groups is 1. The first-order chi connectivity index (χ1) is 7.44. The van der Waals surface area contributed by atoms with E-state index in [1.807, 2.05) is 0 Å². The fourth-order valence-electron chi connectivity index (χ4n) is 1.73. The summed E-state index contributed by atoms with van der Waals surface area (Å²) < 4.78 is 5.09. The molecule has 1 unspecified atom stereocenters. The van der Waals surface area contributed by atoms with E-state index in [2.05, 4.69) is 25.7 Å². The van der Waals surface area contributed by atoms with Crippen LogP contribution < -0.4 is 0 Å². The van der Waals surface area contributed by atoms with Gasteiger partial charge in [-0.15, -0.1) is 0 Å². The third kappa shape index (κ3) is 3.67. The van der Waals surface area contributed by atoms with Gasteiger partial charge < -0.3 is 4.42 Å². The standard InChI is InChI=1S/C12H17NO2Si/c1-16(2,3)9-10(6-7-13)12(14)11-5-4-8-15-11/h4-5,8,10H,6,9H2,1-3H3. The molecule has 0 saturated carbocycles. The van der Waals surface area contributed by atoms with E-state index < -0.39 is 8.07 Å². The van der Waals surface area contributed by atoms with Crippen molar-refractivity contribution in [3.8, 4) is 6.07 Å². The Morgan fingerprint density at radius 1 is 1.56 bits per heavy atom. The predicted octanol–water partition coefficient (Wildman–Crippen LogP) is 3.33. The largest absolute Gasteiger partial charge is 0.461 e. The molecule has 0 radical (unpaired) electrons. The molecule has 3 nitrogen and oxygen atoms in total. The van der Waals surface area contributed by atoms with E-state index >= 15 is 0 Å². The number of ketones is 1. The number of nitriles is 1. The number of carbonyl (C=O) groups excluding carboxylic acids is 1. The Kier molecular flexibility index (Phi) is 4.08. The molecule has 4 heteroatoms. The second-order valence-electron chi connectivity index (χ2n) is 5.17. The SMILES string of the molecule is C[Si](C)(C)CC(CC#N)C(=O)c1ccco1. The van der Waals surface area contributed by atoms with Gasteiger partial charge >= 0.3 is 0 Å². The molecule has 0 spiro atoms. The number of furan rings is 1. The van der Waals surface area contributed by atoms with Gasteiger partial charge in [-0.1, -0.05) is 19.6 Å². The monoisotopic (exact) mass is 235 g/mol. The second-order valence-corrected chi connectivity index (χ2v) is 10.7. The molecule has 0 aliphatic heterocycles. The first-order valence-corrected chi connectivity index (χ1v) is 9.09. The topological polar surface area (TPSA) is 54.0 Å². The lowest BCUT2D eigenvalue weighted by molar-refractivity contribution is 0.0903. The number of Topliss-reactive ketones (excluding diaryl/α,β-unsaturated/α-hetero) is 1. The molecule has 1 aromatic heterocycles. The lowest BCUT2D eigenvalue weighted by Gasteiger charge is -2.20. The van der Waals surface area contributed by atoms with E-state index in [0.29, 0.717) is 5.76 Å². The number of nitrogens with zero attached hydrogens (tertiary/aromatic N) is 1. The molecule has 1 atom stereocenters. The van der Waals surface area contributed by atoms with Crippen LogP contribution in [-0.2, 0) is 0 Å². The Morgan fingerprint density at radius 3 is 2.69 bits per heavy atom. The van der Waals surface area contributed by atoms with E-state index in [1.165, 1.54) is 6.26 Å². The van der Waals surface area contributed by atoms with Crippen LogP contribution in [0.4, 0.5) is 0 Å². The lowest BCUT2D eigenvalue weighted by Crippen LogP contribution is -2.28. The molecule has 86 valence electrons. The van der Waals surface area contributed by atoms with Crippen molar-refractivity contribution in [1.82, 2.24) is 0 Å². The maximum atomic E-state index is 12.1. The average Bonchev–Trinajstić information content (AvgIpc) is 2.66. The second kappa shape index (κ2) is 5.13. The first kappa shape index (κ1) is 12.7. The predicted molar refractivity (Wildman–Crippen MR) is 64.9 cm³/mol. The fraction of sp³-hybridized carbons (Fsp3) is 0.500. The van der Waals surface area contributed by atoms with Crippen LogP contribution in [0.25, 0.3) is 0 Å². The van der Waals surface area contributed by atoms with E-state index in [4.69, 9.17) is 9.68 Å². The highest BCUT2D eigenvalue weighted by atomic mass is 28.3. The van der Waals surface area contributed by atoms with Crippen LogP contribution in [0, 0.1) is 17.2 Å². The third-order valence-corrected chi connectivity index (χ3v) is 4.05. The van der Waals surface area contributed by atoms with Crippen LogP contribution in [0.2, 0.25) is 25.7 Å². The summed E-state index contributed by atoms with van der Waals surface area (Å²) in [4.78, 5) is 12.1. The molecule has 0 aliphatic rings. The average molecular weight is 235 g/mol. The Hall–Kier alpha value is -1.34. The first-order valence-electron chi connectivity index (χ1n) is 5.39. The van der Waals surface area contributed by atoms with Crippen molar-refractivity contribution in [3.63, 3.8) is 0 Å². The summed E-state index contributed by atoms with van der Waals surface area (Å²) in [5.41, 5.74) is 0. The molecule has 0 saturated heterocycles. The molecule has 0 aromatic carbocycles. The van der Waals surface area contributed by atoms with E-state index in [0.717, 1.165) is 6.04 Å². The molecule has 1 aromatic rings. The Balaban J connectivity index is 2.79. The lowest BCUT2D eigenvalue weighted by atomic mass is 10.0. The van der Waals surface area contributed by atoms with Gasteiger partial charge in [-0.3, -0.25) is 4.79 Å². The summed E-state index contributed by atoms with van der Waals surface area (Å²) in [6.45, 7) is 6.60. The smallest absolute Gasteiger partial charge is 0.201 e. The van der Waals surface area contributed by atoms with Crippen LogP contribution in [0.5, 0.6) is 0 Å². The maximum absolute atomic E-state index is 12.1. The zero-order valence-electron chi connectivity index (χ0n) is 9.99. The molecule has 16 heavy (non-hydrogen) atoms. The fourth-order valence-corrected chi connectivity index (χ4v) is 3.54. The molecule has 1 heterocycles. The molecule has 0 N–H and O–H groups in total. The van der Waals surface area contributed by atoms with E-state index in [-0.39, 0.29) is 18.1 Å². The van der Waals surface area contributed by atoms with Gasteiger partial charge in [0.15, 0.2) is 5.76 Å². The minimum absolute atomic E-state index is 0.0334. The van der Waals surface area contributed by atoms with Crippen molar-refractivity contribution in [3.05, 3.63) is 24.2 Å². The minimum Gasteiger partial charge on any atom is -0.461 e. The molecule has 0 fully saturated rings. The van der Waals surface area contributed by atoms with Crippen molar-refractivity contribution >= 4 is 13.9 Å². The summed E-state index contributed by atoms with van der Waals surface area (Å²) >= 11 is 0. The highest BCUT2D eigenvalue weighted by Crippen LogP contribution is 2.23. The number of hydrogen-bond donors (Lipinski definition) is 0. The zero-order valence-corrected chi connectivity index (χ0v) is 11.0. The molecular weight excluding hydrogens is 218 g/mol. The molecule has 0 aliphatic carbocycles. The van der Waals surface area contributed by atoms with Crippen molar-refractivity contribution in [2.45, 2.75) is 32.1 Å². The van der Waals surface area contributed by atoms with Gasteiger partial charge in [0.1, 0.15) is 0 Å². The number of rotatable bonds is 5. The van der Waals surface area contributed by atoms with Crippen LogP contribution in [0.15, 0.2) is 22.8 Å². The van der Waals surface area contributed by atoms with Crippen LogP contribution in [0.1, 0.15) is 17.0 Å². The summed E-state index contributed by atoms with van der Waals surface area (Å²) in [5.74, 6) is 0.135. The van der Waals surface area contributed by atoms with Crippen molar-refractivity contribution in [1.29, 1.82) is 5.26 Å². The maximum Gasteiger partial charge on any atom is 0.201 e. The molecule has 0 bridgehead atoms. The minimum atomic E-state index is -1.35. The van der Waals surface area contributed by atoms with Gasteiger partial charge in [0, 0.05) is 20.4 Å². The summed E-state index contributed by atoms with van der Waals surface area (Å²) in [7, 11) is -1.35. The van der Waals surface area contributed by atoms with Crippen molar-refractivity contribution < 1.29 is 9.21 Å². The molecule has 1 rings (SSSR count). The highest BCUT2D eigenvalue weighted by molar-refractivity contribution is 6.76. The van der Waals surface area contributed by atoms with Gasteiger partial charge in [-0.2, -0.15) is 5.26 Å². The normalized spacial score (nSPS) is 13.1.